The molecular formula is C14H18O2. The first-order chi connectivity index (χ1) is 7.75. The largest absolute Gasteiger partial charge is 0.486 e. The molecule has 1 aliphatic carbocycles. The van der Waals surface area contributed by atoms with Crippen molar-refractivity contribution in [2.45, 2.75) is 32.6 Å². The molecule has 0 aliphatic heterocycles. The lowest BCUT2D eigenvalue weighted by atomic mass is 10.0. The number of aryl methyl sites for hydroxylation is 1. The van der Waals surface area contributed by atoms with Gasteiger partial charge in [0.1, 0.15) is 12.4 Å². The summed E-state index contributed by atoms with van der Waals surface area (Å²) >= 11 is 0. The van der Waals surface area contributed by atoms with Gasteiger partial charge >= 0.3 is 0 Å². The van der Waals surface area contributed by atoms with Gasteiger partial charge in [-0.2, -0.15) is 0 Å². The van der Waals surface area contributed by atoms with E-state index in [9.17, 15) is 4.79 Å². The standard InChI is InChI=1S/C14H18O2/c1-11-5-4-8-13(9-11)16-10-14(15)12-6-2-3-7-12/h4-5,8-9,12H,2-3,6-7,10H2,1H3. The van der Waals surface area contributed by atoms with Crippen LogP contribution in [0.4, 0.5) is 0 Å². The first-order valence-electron chi connectivity index (χ1n) is 5.98. The van der Waals surface area contributed by atoms with Crippen LogP contribution in [0.25, 0.3) is 0 Å². The van der Waals surface area contributed by atoms with Gasteiger partial charge in [-0.1, -0.05) is 25.0 Å². The SMILES string of the molecule is Cc1cccc(OCC(=O)C2CCCC2)c1. The molecule has 0 heterocycles. The van der Waals surface area contributed by atoms with Crippen LogP contribution >= 0.6 is 0 Å². The predicted molar refractivity (Wildman–Crippen MR) is 63.6 cm³/mol. The Hall–Kier alpha value is -1.31. The van der Waals surface area contributed by atoms with Crippen molar-refractivity contribution < 1.29 is 9.53 Å². The molecule has 1 aliphatic rings. The molecule has 1 saturated carbocycles. The number of Topliss-reactive ketones (excluding diaryl/α,β-unsaturated/α-hetero) is 1. The van der Waals surface area contributed by atoms with E-state index < -0.39 is 0 Å². The molecule has 1 aromatic rings. The van der Waals surface area contributed by atoms with Crippen LogP contribution in [0.2, 0.25) is 0 Å². The molecule has 0 atom stereocenters. The Morgan fingerprint density at radius 1 is 1.38 bits per heavy atom. The van der Waals surface area contributed by atoms with Gasteiger partial charge in [0.25, 0.3) is 0 Å². The monoisotopic (exact) mass is 218 g/mol. The minimum absolute atomic E-state index is 0.230. The number of ether oxygens (including phenoxy) is 1. The molecule has 2 heteroatoms. The number of hydrogen-bond acceptors (Lipinski definition) is 2. The Morgan fingerprint density at radius 3 is 2.81 bits per heavy atom. The third kappa shape index (κ3) is 2.84. The molecule has 1 aromatic carbocycles. The highest BCUT2D eigenvalue weighted by Gasteiger charge is 2.22. The molecule has 0 aromatic heterocycles. The fraction of sp³-hybridized carbons (Fsp3) is 0.500. The third-order valence-corrected chi connectivity index (χ3v) is 3.18. The Morgan fingerprint density at radius 2 is 2.12 bits per heavy atom. The molecule has 2 nitrogen and oxygen atoms in total. The van der Waals surface area contributed by atoms with Crippen molar-refractivity contribution in [1.29, 1.82) is 0 Å². The fourth-order valence-electron chi connectivity index (χ4n) is 2.23. The van der Waals surface area contributed by atoms with Crippen molar-refractivity contribution in [1.82, 2.24) is 0 Å². The van der Waals surface area contributed by atoms with Crippen LogP contribution in [0.15, 0.2) is 24.3 Å². The maximum atomic E-state index is 11.8. The molecule has 86 valence electrons. The second-order valence-electron chi connectivity index (χ2n) is 4.55. The zero-order valence-electron chi connectivity index (χ0n) is 9.74. The van der Waals surface area contributed by atoms with Crippen LogP contribution in [0.5, 0.6) is 5.75 Å². The normalized spacial score (nSPS) is 16.3. The van der Waals surface area contributed by atoms with Gasteiger partial charge in [-0.3, -0.25) is 4.79 Å². The summed E-state index contributed by atoms with van der Waals surface area (Å²) in [6.45, 7) is 2.25. The van der Waals surface area contributed by atoms with Gasteiger partial charge < -0.3 is 4.74 Å². The quantitative estimate of drug-likeness (QED) is 0.776. The number of carbonyl (C=O) groups excluding carboxylic acids is 1. The number of hydrogen-bond donors (Lipinski definition) is 0. The van der Waals surface area contributed by atoms with Gasteiger partial charge in [0, 0.05) is 5.92 Å². The third-order valence-electron chi connectivity index (χ3n) is 3.18. The number of ketones is 1. The van der Waals surface area contributed by atoms with Crippen molar-refractivity contribution in [3.63, 3.8) is 0 Å². The van der Waals surface area contributed by atoms with Gasteiger partial charge in [-0.25, -0.2) is 0 Å². The lowest BCUT2D eigenvalue weighted by molar-refractivity contribution is -0.124. The molecule has 16 heavy (non-hydrogen) atoms. The Kier molecular flexibility index (Phi) is 3.60. The van der Waals surface area contributed by atoms with Crippen LogP contribution in [0, 0.1) is 12.8 Å². The first kappa shape index (κ1) is 11.2. The minimum atomic E-state index is 0.230. The van der Waals surface area contributed by atoms with Crippen LogP contribution in [-0.4, -0.2) is 12.4 Å². The van der Waals surface area contributed by atoms with E-state index in [-0.39, 0.29) is 18.3 Å². The van der Waals surface area contributed by atoms with Crippen LogP contribution in [-0.2, 0) is 4.79 Å². The highest BCUT2D eigenvalue weighted by Crippen LogP contribution is 2.25. The summed E-state index contributed by atoms with van der Waals surface area (Å²) in [5, 5.41) is 0. The summed E-state index contributed by atoms with van der Waals surface area (Å²) in [6.07, 6.45) is 4.49. The molecule has 0 unspecified atom stereocenters. The highest BCUT2D eigenvalue weighted by molar-refractivity contribution is 5.82. The van der Waals surface area contributed by atoms with E-state index in [4.69, 9.17) is 4.74 Å². The maximum absolute atomic E-state index is 11.8. The van der Waals surface area contributed by atoms with Crippen molar-refractivity contribution in [3.8, 4) is 5.75 Å². The Labute approximate surface area is 96.6 Å². The van der Waals surface area contributed by atoms with E-state index in [0.29, 0.717) is 0 Å². The second-order valence-corrected chi connectivity index (χ2v) is 4.55. The van der Waals surface area contributed by atoms with E-state index in [1.54, 1.807) is 0 Å². The van der Waals surface area contributed by atoms with E-state index in [0.717, 1.165) is 24.2 Å². The molecule has 0 amide bonds. The maximum Gasteiger partial charge on any atom is 0.173 e. The molecule has 0 spiro atoms. The lowest BCUT2D eigenvalue weighted by Crippen LogP contribution is -2.19. The highest BCUT2D eigenvalue weighted by atomic mass is 16.5. The lowest BCUT2D eigenvalue weighted by Gasteiger charge is -2.09. The topological polar surface area (TPSA) is 26.3 Å². The van der Waals surface area contributed by atoms with Gasteiger partial charge in [-0.15, -0.1) is 0 Å². The predicted octanol–water partition coefficient (Wildman–Crippen LogP) is 3.13. The number of carbonyl (C=O) groups is 1. The zero-order valence-corrected chi connectivity index (χ0v) is 9.74. The van der Waals surface area contributed by atoms with Crippen molar-refractivity contribution in [2.75, 3.05) is 6.61 Å². The van der Waals surface area contributed by atoms with Gasteiger partial charge in [0.15, 0.2) is 5.78 Å². The van der Waals surface area contributed by atoms with Gasteiger partial charge in [0.05, 0.1) is 0 Å². The summed E-state index contributed by atoms with van der Waals surface area (Å²) < 4.78 is 5.51. The number of rotatable bonds is 4. The Bertz CT molecular complexity index is 365. The van der Waals surface area contributed by atoms with Crippen LogP contribution < -0.4 is 4.74 Å². The minimum Gasteiger partial charge on any atom is -0.486 e. The molecular weight excluding hydrogens is 200 g/mol. The van der Waals surface area contributed by atoms with Crippen LogP contribution in [0.3, 0.4) is 0 Å². The zero-order chi connectivity index (χ0) is 11.4. The molecule has 0 radical (unpaired) electrons. The first-order valence-corrected chi connectivity index (χ1v) is 5.98. The molecule has 1 fully saturated rings. The van der Waals surface area contributed by atoms with E-state index >= 15 is 0 Å². The average molecular weight is 218 g/mol. The fourth-order valence-corrected chi connectivity index (χ4v) is 2.23. The van der Waals surface area contributed by atoms with E-state index in [1.807, 2.05) is 31.2 Å². The molecule has 0 N–H and O–H groups in total. The number of benzene rings is 1. The molecule has 0 bridgehead atoms. The summed E-state index contributed by atoms with van der Waals surface area (Å²) in [6, 6.07) is 7.83. The van der Waals surface area contributed by atoms with Crippen LogP contribution in [0.1, 0.15) is 31.2 Å². The summed E-state index contributed by atoms with van der Waals surface area (Å²) in [7, 11) is 0. The average Bonchev–Trinajstić information content (AvgIpc) is 2.79. The summed E-state index contributed by atoms with van der Waals surface area (Å²) in [4.78, 5) is 11.8. The summed E-state index contributed by atoms with van der Waals surface area (Å²) in [5.41, 5.74) is 1.16. The van der Waals surface area contributed by atoms with Crippen molar-refractivity contribution in [2.24, 2.45) is 5.92 Å². The summed E-state index contributed by atoms with van der Waals surface area (Å²) in [5.74, 6) is 1.31. The van der Waals surface area contributed by atoms with Gasteiger partial charge in [-0.05, 0) is 37.5 Å². The smallest absolute Gasteiger partial charge is 0.173 e. The van der Waals surface area contributed by atoms with E-state index in [1.165, 1.54) is 12.8 Å². The van der Waals surface area contributed by atoms with E-state index in [2.05, 4.69) is 0 Å². The molecule has 2 rings (SSSR count). The second kappa shape index (κ2) is 5.15. The van der Waals surface area contributed by atoms with Crippen molar-refractivity contribution in [3.05, 3.63) is 29.8 Å². The van der Waals surface area contributed by atoms with Gasteiger partial charge in [0.2, 0.25) is 0 Å². The van der Waals surface area contributed by atoms with Crippen molar-refractivity contribution >= 4 is 5.78 Å². The molecule has 0 saturated heterocycles. The Balaban J connectivity index is 1.84.